The van der Waals surface area contributed by atoms with Gasteiger partial charge in [0.1, 0.15) is 0 Å². The number of hydrogen-bond donors (Lipinski definition) is 2. The number of benzene rings is 1. The number of carbonyl (C=O) groups is 1. The molecule has 1 aliphatic rings. The van der Waals surface area contributed by atoms with Crippen molar-refractivity contribution in [3.05, 3.63) is 53.4 Å². The third kappa shape index (κ3) is 2.30. The number of rotatable bonds is 2. The smallest absolute Gasteiger partial charge is 0.337 e. The van der Waals surface area contributed by atoms with Crippen molar-refractivity contribution in [1.82, 2.24) is 5.32 Å². The first kappa shape index (κ1) is 11.3. The van der Waals surface area contributed by atoms with Crippen LogP contribution < -0.4 is 11.1 Å². The molecule has 0 fully saturated rings. The van der Waals surface area contributed by atoms with Gasteiger partial charge < -0.3 is 15.8 Å². The Hall–Kier alpha value is -2.23. The van der Waals surface area contributed by atoms with Gasteiger partial charge in [-0.2, -0.15) is 0 Å². The van der Waals surface area contributed by atoms with Gasteiger partial charge in [0.2, 0.25) is 0 Å². The molecule has 4 nitrogen and oxygen atoms in total. The maximum absolute atomic E-state index is 11.3. The predicted molar refractivity (Wildman–Crippen MR) is 66.0 cm³/mol. The standard InChI is InChI=1S/C13H14N2O2/c1-17-13(16)10-4-2-9(3-5-10)11-8-15-7-6-12(11)14/h2-7,15H,8,14H2,1H3. The molecule has 1 heterocycles. The number of dihydropyridines is 1. The van der Waals surface area contributed by atoms with E-state index in [1.807, 2.05) is 24.4 Å². The van der Waals surface area contributed by atoms with Crippen molar-refractivity contribution in [2.45, 2.75) is 0 Å². The summed E-state index contributed by atoms with van der Waals surface area (Å²) < 4.78 is 4.64. The number of methoxy groups -OCH3 is 1. The van der Waals surface area contributed by atoms with Gasteiger partial charge in [0.05, 0.1) is 12.7 Å². The highest BCUT2D eigenvalue weighted by Gasteiger charge is 2.09. The molecule has 0 saturated carbocycles. The fourth-order valence-corrected chi connectivity index (χ4v) is 1.71. The minimum absolute atomic E-state index is 0.333. The zero-order valence-electron chi connectivity index (χ0n) is 9.57. The van der Waals surface area contributed by atoms with Crippen molar-refractivity contribution >= 4 is 11.5 Å². The van der Waals surface area contributed by atoms with Crippen LogP contribution in [0.25, 0.3) is 5.57 Å². The molecule has 1 aromatic carbocycles. The van der Waals surface area contributed by atoms with Crippen molar-refractivity contribution < 1.29 is 9.53 Å². The van der Waals surface area contributed by atoms with E-state index in [2.05, 4.69) is 10.1 Å². The Morgan fingerprint density at radius 1 is 1.35 bits per heavy atom. The second-order valence-electron chi connectivity index (χ2n) is 3.72. The molecular formula is C13H14N2O2. The van der Waals surface area contributed by atoms with E-state index in [9.17, 15) is 4.79 Å². The maximum atomic E-state index is 11.3. The van der Waals surface area contributed by atoms with E-state index in [0.717, 1.165) is 16.8 Å². The fraction of sp³-hybridized carbons (Fsp3) is 0.154. The van der Waals surface area contributed by atoms with Crippen LogP contribution in [0.15, 0.2) is 42.2 Å². The van der Waals surface area contributed by atoms with E-state index in [1.54, 1.807) is 12.1 Å². The van der Waals surface area contributed by atoms with Crippen LogP contribution in [0, 0.1) is 0 Å². The third-order valence-corrected chi connectivity index (χ3v) is 2.66. The third-order valence-electron chi connectivity index (χ3n) is 2.66. The van der Waals surface area contributed by atoms with E-state index in [4.69, 9.17) is 5.73 Å². The van der Waals surface area contributed by atoms with Crippen LogP contribution >= 0.6 is 0 Å². The first-order valence-corrected chi connectivity index (χ1v) is 5.29. The molecule has 0 atom stereocenters. The number of nitrogens with one attached hydrogen (secondary N) is 1. The van der Waals surface area contributed by atoms with Crippen LogP contribution in [0.2, 0.25) is 0 Å². The minimum atomic E-state index is -0.333. The summed E-state index contributed by atoms with van der Waals surface area (Å²) in [5.74, 6) is -0.333. The molecule has 0 spiro atoms. The summed E-state index contributed by atoms with van der Waals surface area (Å²) in [4.78, 5) is 11.3. The van der Waals surface area contributed by atoms with Gasteiger partial charge in [-0.1, -0.05) is 12.1 Å². The highest BCUT2D eigenvalue weighted by molar-refractivity contribution is 5.89. The molecule has 4 heteroatoms. The van der Waals surface area contributed by atoms with Crippen molar-refractivity contribution in [3.8, 4) is 0 Å². The van der Waals surface area contributed by atoms with E-state index >= 15 is 0 Å². The van der Waals surface area contributed by atoms with Crippen molar-refractivity contribution in [2.24, 2.45) is 5.73 Å². The molecule has 0 aliphatic carbocycles. The number of carbonyl (C=O) groups excluding carboxylic acids is 1. The highest BCUT2D eigenvalue weighted by atomic mass is 16.5. The second kappa shape index (κ2) is 4.74. The number of allylic oxidation sites excluding steroid dienone is 1. The lowest BCUT2D eigenvalue weighted by molar-refractivity contribution is 0.0601. The zero-order valence-corrected chi connectivity index (χ0v) is 9.57. The Labute approximate surface area is 99.8 Å². The molecule has 3 N–H and O–H groups in total. The lowest BCUT2D eigenvalue weighted by atomic mass is 10.0. The summed E-state index contributed by atoms with van der Waals surface area (Å²) in [5.41, 5.74) is 9.22. The Balaban J connectivity index is 2.29. The van der Waals surface area contributed by atoms with E-state index < -0.39 is 0 Å². The Morgan fingerprint density at radius 2 is 2.06 bits per heavy atom. The molecule has 17 heavy (non-hydrogen) atoms. The molecule has 0 amide bonds. The molecular weight excluding hydrogens is 216 g/mol. The topological polar surface area (TPSA) is 64.3 Å². The highest BCUT2D eigenvalue weighted by Crippen LogP contribution is 2.19. The van der Waals surface area contributed by atoms with Crippen molar-refractivity contribution in [2.75, 3.05) is 13.7 Å². The summed E-state index contributed by atoms with van der Waals surface area (Å²) >= 11 is 0. The summed E-state index contributed by atoms with van der Waals surface area (Å²) in [6.07, 6.45) is 3.65. The monoisotopic (exact) mass is 230 g/mol. The van der Waals surface area contributed by atoms with E-state index in [1.165, 1.54) is 7.11 Å². The normalized spacial score (nSPS) is 14.4. The van der Waals surface area contributed by atoms with Gasteiger partial charge in [-0.05, 0) is 30.0 Å². The molecule has 0 unspecified atom stereocenters. The van der Waals surface area contributed by atoms with Gasteiger partial charge in [0.15, 0.2) is 0 Å². The Morgan fingerprint density at radius 3 is 2.65 bits per heavy atom. The lowest BCUT2D eigenvalue weighted by Gasteiger charge is -2.14. The van der Waals surface area contributed by atoms with Gasteiger partial charge in [-0.3, -0.25) is 0 Å². The van der Waals surface area contributed by atoms with E-state index in [-0.39, 0.29) is 5.97 Å². The molecule has 1 aromatic rings. The predicted octanol–water partition coefficient (Wildman–Crippen LogP) is 1.26. The first-order valence-electron chi connectivity index (χ1n) is 5.29. The van der Waals surface area contributed by atoms with E-state index in [0.29, 0.717) is 12.1 Å². The van der Waals surface area contributed by atoms with Crippen molar-refractivity contribution in [3.63, 3.8) is 0 Å². The van der Waals surface area contributed by atoms with Crippen molar-refractivity contribution in [1.29, 1.82) is 0 Å². The molecule has 1 aliphatic heterocycles. The van der Waals surface area contributed by atoms with Gasteiger partial charge in [0.25, 0.3) is 0 Å². The molecule has 0 aromatic heterocycles. The Bertz CT molecular complexity index is 487. The summed E-state index contributed by atoms with van der Waals surface area (Å²) in [5, 5.41) is 3.10. The van der Waals surface area contributed by atoms with Crippen LogP contribution in [0.4, 0.5) is 0 Å². The molecule has 88 valence electrons. The largest absolute Gasteiger partial charge is 0.465 e. The number of esters is 1. The fourth-order valence-electron chi connectivity index (χ4n) is 1.71. The van der Waals surface area contributed by atoms with Gasteiger partial charge in [-0.15, -0.1) is 0 Å². The lowest BCUT2D eigenvalue weighted by Crippen LogP contribution is -2.17. The van der Waals surface area contributed by atoms with Gasteiger partial charge in [-0.25, -0.2) is 4.79 Å². The molecule has 0 radical (unpaired) electrons. The molecule has 2 rings (SSSR count). The quantitative estimate of drug-likeness (QED) is 0.751. The summed E-state index contributed by atoms with van der Waals surface area (Å²) in [6.45, 7) is 0.694. The summed E-state index contributed by atoms with van der Waals surface area (Å²) in [7, 11) is 1.37. The van der Waals surface area contributed by atoms with Gasteiger partial charge in [0, 0.05) is 17.8 Å². The van der Waals surface area contributed by atoms with Crippen LogP contribution in [-0.4, -0.2) is 19.6 Å². The Kier molecular flexibility index (Phi) is 3.14. The molecule has 0 saturated heterocycles. The average molecular weight is 230 g/mol. The zero-order chi connectivity index (χ0) is 12.3. The minimum Gasteiger partial charge on any atom is -0.465 e. The SMILES string of the molecule is COC(=O)c1ccc(C2=C(N)C=CNC2)cc1. The second-order valence-corrected chi connectivity index (χ2v) is 3.72. The number of hydrogen-bond acceptors (Lipinski definition) is 4. The van der Waals surface area contributed by atoms with Gasteiger partial charge >= 0.3 is 5.97 Å². The summed E-state index contributed by atoms with van der Waals surface area (Å²) in [6, 6.07) is 7.21. The van der Waals surface area contributed by atoms with Crippen LogP contribution in [0.1, 0.15) is 15.9 Å². The van der Waals surface area contributed by atoms with Crippen LogP contribution in [0.3, 0.4) is 0 Å². The number of ether oxygens (including phenoxy) is 1. The number of nitrogens with two attached hydrogens (primary N) is 1. The molecule has 0 bridgehead atoms. The average Bonchev–Trinajstić information content (AvgIpc) is 2.39. The van der Waals surface area contributed by atoms with Crippen LogP contribution in [0.5, 0.6) is 0 Å². The first-order chi connectivity index (χ1) is 8.22. The maximum Gasteiger partial charge on any atom is 0.337 e. The van der Waals surface area contributed by atoms with Crippen LogP contribution in [-0.2, 0) is 4.74 Å².